The molecule has 1 heterocycles. The molecule has 0 saturated carbocycles. The molecule has 0 spiro atoms. The smallest absolute Gasteiger partial charge is 0.410 e. The van der Waals surface area contributed by atoms with Crippen molar-refractivity contribution in [2.75, 3.05) is 5.32 Å². The van der Waals surface area contributed by atoms with Crippen LogP contribution in [0.1, 0.15) is 5.82 Å². The zero-order valence-corrected chi connectivity index (χ0v) is 11.8. The van der Waals surface area contributed by atoms with E-state index in [1.807, 2.05) is 12.1 Å². The van der Waals surface area contributed by atoms with Crippen molar-refractivity contribution >= 4 is 11.8 Å². The highest BCUT2D eigenvalue weighted by Gasteiger charge is 2.07. The van der Waals surface area contributed by atoms with E-state index in [1.165, 1.54) is 0 Å². The molecule has 2 aromatic carbocycles. The van der Waals surface area contributed by atoms with Crippen molar-refractivity contribution in [1.82, 2.24) is 20.2 Å². The predicted octanol–water partition coefficient (Wildman–Crippen LogP) is 2.58. The molecule has 0 fully saturated rings. The van der Waals surface area contributed by atoms with Gasteiger partial charge in [-0.25, -0.2) is 4.79 Å². The second-order valence-electron chi connectivity index (χ2n) is 4.52. The SMILES string of the molecule is Cc1nnnn1-c1cccc(NC(=O)Oc2ccccc2)c1. The van der Waals surface area contributed by atoms with E-state index < -0.39 is 6.09 Å². The van der Waals surface area contributed by atoms with Crippen LogP contribution in [0.4, 0.5) is 10.5 Å². The molecule has 7 heteroatoms. The lowest BCUT2D eigenvalue weighted by Crippen LogP contribution is -2.16. The third-order valence-corrected chi connectivity index (χ3v) is 2.92. The summed E-state index contributed by atoms with van der Waals surface area (Å²) in [5.41, 5.74) is 1.34. The normalized spacial score (nSPS) is 10.2. The van der Waals surface area contributed by atoms with Gasteiger partial charge in [-0.05, 0) is 47.7 Å². The van der Waals surface area contributed by atoms with Gasteiger partial charge in [-0.2, -0.15) is 4.68 Å². The van der Waals surface area contributed by atoms with Crippen LogP contribution in [0.3, 0.4) is 0 Å². The lowest BCUT2D eigenvalue weighted by atomic mass is 10.3. The number of tetrazole rings is 1. The average molecular weight is 295 g/mol. The van der Waals surface area contributed by atoms with Gasteiger partial charge in [0, 0.05) is 5.69 Å². The maximum absolute atomic E-state index is 11.9. The van der Waals surface area contributed by atoms with Crippen LogP contribution >= 0.6 is 0 Å². The quantitative estimate of drug-likeness (QED) is 0.803. The first-order chi connectivity index (χ1) is 10.7. The zero-order valence-electron chi connectivity index (χ0n) is 11.8. The summed E-state index contributed by atoms with van der Waals surface area (Å²) in [7, 11) is 0. The molecule has 3 aromatic rings. The standard InChI is InChI=1S/C15H13N5O2/c1-11-17-18-19-20(11)13-7-5-6-12(10-13)16-15(21)22-14-8-3-2-4-9-14/h2-10H,1H3,(H,16,21). The number of carbonyl (C=O) groups excluding carboxylic acids is 1. The second kappa shape index (κ2) is 6.04. The van der Waals surface area contributed by atoms with Gasteiger partial charge in [-0.3, -0.25) is 5.32 Å². The Morgan fingerprint density at radius 3 is 2.68 bits per heavy atom. The summed E-state index contributed by atoms with van der Waals surface area (Å²) in [5, 5.41) is 14.0. The molecule has 1 amide bonds. The largest absolute Gasteiger partial charge is 0.417 e. The number of ether oxygens (including phenoxy) is 1. The van der Waals surface area contributed by atoms with Gasteiger partial charge in [0.2, 0.25) is 0 Å². The monoisotopic (exact) mass is 295 g/mol. The number of hydrogen-bond acceptors (Lipinski definition) is 5. The third kappa shape index (κ3) is 3.09. The number of nitrogens with one attached hydrogen (secondary N) is 1. The van der Waals surface area contributed by atoms with E-state index in [4.69, 9.17) is 4.74 Å². The van der Waals surface area contributed by atoms with Crippen LogP contribution in [0.2, 0.25) is 0 Å². The minimum Gasteiger partial charge on any atom is -0.410 e. The Balaban J connectivity index is 1.73. The van der Waals surface area contributed by atoms with E-state index in [2.05, 4.69) is 20.8 Å². The van der Waals surface area contributed by atoms with Gasteiger partial charge in [0.05, 0.1) is 5.69 Å². The molecule has 7 nitrogen and oxygen atoms in total. The van der Waals surface area contributed by atoms with Crippen LogP contribution in [0.15, 0.2) is 54.6 Å². The molecule has 22 heavy (non-hydrogen) atoms. The van der Waals surface area contributed by atoms with Crippen molar-refractivity contribution < 1.29 is 9.53 Å². The summed E-state index contributed by atoms with van der Waals surface area (Å²) in [6, 6.07) is 16.0. The van der Waals surface area contributed by atoms with Crippen LogP contribution in [-0.4, -0.2) is 26.3 Å². The highest BCUT2D eigenvalue weighted by atomic mass is 16.6. The summed E-state index contributed by atoms with van der Waals surface area (Å²) in [6.45, 7) is 1.80. The van der Waals surface area contributed by atoms with Crippen molar-refractivity contribution in [2.45, 2.75) is 6.92 Å². The number of anilines is 1. The molecule has 0 radical (unpaired) electrons. The third-order valence-electron chi connectivity index (χ3n) is 2.92. The molecule has 1 N–H and O–H groups in total. The Morgan fingerprint density at radius 2 is 1.95 bits per heavy atom. The van der Waals surface area contributed by atoms with Gasteiger partial charge < -0.3 is 4.74 Å². The van der Waals surface area contributed by atoms with E-state index in [0.29, 0.717) is 17.3 Å². The van der Waals surface area contributed by atoms with Crippen LogP contribution in [0, 0.1) is 6.92 Å². The minimum absolute atomic E-state index is 0.479. The molecule has 110 valence electrons. The van der Waals surface area contributed by atoms with Crippen LogP contribution in [-0.2, 0) is 0 Å². The van der Waals surface area contributed by atoms with Crippen LogP contribution in [0.25, 0.3) is 5.69 Å². The van der Waals surface area contributed by atoms with Gasteiger partial charge in [-0.15, -0.1) is 5.10 Å². The first-order valence-electron chi connectivity index (χ1n) is 6.62. The highest BCUT2D eigenvalue weighted by Crippen LogP contribution is 2.16. The van der Waals surface area contributed by atoms with Gasteiger partial charge >= 0.3 is 6.09 Å². The maximum atomic E-state index is 11.9. The lowest BCUT2D eigenvalue weighted by Gasteiger charge is -2.08. The number of carbonyl (C=O) groups is 1. The Bertz CT molecular complexity index is 785. The van der Waals surface area contributed by atoms with Gasteiger partial charge in [0.15, 0.2) is 5.82 Å². The molecule has 0 bridgehead atoms. The molecule has 0 aliphatic heterocycles. The molecule has 0 saturated heterocycles. The zero-order chi connectivity index (χ0) is 15.4. The Kier molecular flexibility index (Phi) is 3.78. The number of aromatic nitrogens is 4. The fourth-order valence-corrected chi connectivity index (χ4v) is 1.92. The maximum Gasteiger partial charge on any atom is 0.417 e. The van der Waals surface area contributed by atoms with Crippen molar-refractivity contribution in [1.29, 1.82) is 0 Å². The number of nitrogens with zero attached hydrogens (tertiary/aromatic N) is 4. The number of benzene rings is 2. The fourth-order valence-electron chi connectivity index (χ4n) is 1.92. The van der Waals surface area contributed by atoms with E-state index >= 15 is 0 Å². The van der Waals surface area contributed by atoms with E-state index in [-0.39, 0.29) is 0 Å². The summed E-state index contributed by atoms with van der Waals surface area (Å²) in [5.74, 6) is 1.14. The number of para-hydroxylation sites is 1. The lowest BCUT2D eigenvalue weighted by molar-refractivity contribution is 0.215. The molecule has 3 rings (SSSR count). The van der Waals surface area contributed by atoms with Crippen molar-refractivity contribution in [3.63, 3.8) is 0 Å². The molecular formula is C15H13N5O2. The summed E-state index contributed by atoms with van der Waals surface area (Å²) in [6.07, 6.45) is -0.559. The topological polar surface area (TPSA) is 81.9 Å². The fraction of sp³-hybridized carbons (Fsp3) is 0.0667. The first kappa shape index (κ1) is 13.7. The highest BCUT2D eigenvalue weighted by molar-refractivity contribution is 5.86. The minimum atomic E-state index is -0.559. The first-order valence-corrected chi connectivity index (χ1v) is 6.62. The van der Waals surface area contributed by atoms with E-state index in [1.54, 1.807) is 54.1 Å². The Hall–Kier alpha value is -3.22. The van der Waals surface area contributed by atoms with E-state index in [0.717, 1.165) is 5.69 Å². The van der Waals surface area contributed by atoms with Crippen LogP contribution < -0.4 is 10.1 Å². The summed E-state index contributed by atoms with van der Waals surface area (Å²) >= 11 is 0. The molecule has 0 aliphatic rings. The Morgan fingerprint density at radius 1 is 1.14 bits per heavy atom. The molecular weight excluding hydrogens is 282 g/mol. The summed E-state index contributed by atoms with van der Waals surface area (Å²) in [4.78, 5) is 11.9. The van der Waals surface area contributed by atoms with Gasteiger partial charge in [0.25, 0.3) is 0 Å². The number of hydrogen-bond donors (Lipinski definition) is 1. The van der Waals surface area contributed by atoms with Gasteiger partial charge in [0.1, 0.15) is 5.75 Å². The number of aryl methyl sites for hydroxylation is 1. The predicted molar refractivity (Wildman–Crippen MR) is 80.0 cm³/mol. The molecule has 0 unspecified atom stereocenters. The molecule has 0 aliphatic carbocycles. The second-order valence-corrected chi connectivity index (χ2v) is 4.52. The average Bonchev–Trinajstić information content (AvgIpc) is 2.94. The summed E-state index contributed by atoms with van der Waals surface area (Å²) < 4.78 is 6.75. The van der Waals surface area contributed by atoms with Crippen molar-refractivity contribution in [2.24, 2.45) is 0 Å². The van der Waals surface area contributed by atoms with Crippen LogP contribution in [0.5, 0.6) is 5.75 Å². The van der Waals surface area contributed by atoms with Gasteiger partial charge in [-0.1, -0.05) is 24.3 Å². The number of rotatable bonds is 3. The van der Waals surface area contributed by atoms with E-state index in [9.17, 15) is 4.79 Å². The Labute approximate surface area is 126 Å². The van der Waals surface area contributed by atoms with Crippen molar-refractivity contribution in [3.05, 3.63) is 60.4 Å². The van der Waals surface area contributed by atoms with Crippen molar-refractivity contribution in [3.8, 4) is 11.4 Å². The molecule has 1 aromatic heterocycles. The molecule has 0 atom stereocenters. The number of amides is 1.